The maximum atomic E-state index is 12.6. The van der Waals surface area contributed by atoms with Crippen LogP contribution in [-0.2, 0) is 15.0 Å². The Balaban J connectivity index is 2.53. The molecule has 1 saturated heterocycles. The number of barbiturate groups is 1. The van der Waals surface area contributed by atoms with Crippen LogP contribution in [0.25, 0.3) is 0 Å². The van der Waals surface area contributed by atoms with Crippen LogP contribution in [0.4, 0.5) is 4.79 Å². The average Bonchev–Trinajstić information content (AvgIpc) is 2.46. The summed E-state index contributed by atoms with van der Waals surface area (Å²) in [4.78, 5) is 37.6. The molecule has 0 aliphatic carbocycles. The minimum absolute atomic E-state index is 0.399. The van der Waals surface area contributed by atoms with Crippen molar-refractivity contribution in [1.29, 1.82) is 0 Å². The van der Waals surface area contributed by atoms with Gasteiger partial charge < -0.3 is 0 Å². The first-order valence-electron chi connectivity index (χ1n) is 6.73. The molecule has 0 saturated carbocycles. The van der Waals surface area contributed by atoms with Gasteiger partial charge in [0.2, 0.25) is 5.91 Å². The highest BCUT2D eigenvalue weighted by atomic mass is 16.2. The Labute approximate surface area is 118 Å². The number of hydrogen-bond acceptors (Lipinski definition) is 3. The maximum Gasteiger partial charge on any atom is 0.330 e. The monoisotopic (exact) mass is 274 g/mol. The number of nitrogens with zero attached hydrogens (tertiary/aromatic N) is 1. The largest absolute Gasteiger partial charge is 0.330 e. The van der Waals surface area contributed by atoms with E-state index in [9.17, 15) is 14.4 Å². The van der Waals surface area contributed by atoms with Crippen molar-refractivity contribution in [2.24, 2.45) is 0 Å². The molecule has 0 aromatic heterocycles. The van der Waals surface area contributed by atoms with Gasteiger partial charge in [-0.25, -0.2) is 4.79 Å². The van der Waals surface area contributed by atoms with Crippen molar-refractivity contribution in [3.8, 4) is 0 Å². The van der Waals surface area contributed by atoms with Gasteiger partial charge in [-0.3, -0.25) is 19.8 Å². The van der Waals surface area contributed by atoms with E-state index >= 15 is 0 Å². The van der Waals surface area contributed by atoms with E-state index in [1.165, 1.54) is 7.05 Å². The molecule has 0 spiro atoms. The van der Waals surface area contributed by atoms with E-state index in [2.05, 4.69) is 5.32 Å². The van der Waals surface area contributed by atoms with E-state index in [0.717, 1.165) is 17.7 Å². The van der Waals surface area contributed by atoms with Crippen molar-refractivity contribution in [3.05, 3.63) is 35.9 Å². The molecule has 1 N–H and O–H groups in total. The average molecular weight is 274 g/mol. The Hall–Kier alpha value is -2.17. The van der Waals surface area contributed by atoms with Gasteiger partial charge in [0.25, 0.3) is 5.91 Å². The van der Waals surface area contributed by atoms with Crippen LogP contribution in [0.3, 0.4) is 0 Å². The second kappa shape index (κ2) is 5.45. The number of carbonyl (C=O) groups excluding carboxylic acids is 3. The molecule has 1 atom stereocenters. The van der Waals surface area contributed by atoms with Crippen molar-refractivity contribution in [2.45, 2.75) is 31.6 Å². The Morgan fingerprint density at radius 2 is 1.80 bits per heavy atom. The second-order valence-electron chi connectivity index (χ2n) is 5.00. The van der Waals surface area contributed by atoms with Crippen LogP contribution in [0.2, 0.25) is 0 Å². The van der Waals surface area contributed by atoms with Crippen LogP contribution < -0.4 is 5.32 Å². The predicted molar refractivity (Wildman–Crippen MR) is 74.0 cm³/mol. The lowest BCUT2D eigenvalue weighted by Gasteiger charge is -2.38. The number of imide groups is 2. The number of carbonyl (C=O) groups is 3. The Kier molecular flexibility index (Phi) is 3.88. The van der Waals surface area contributed by atoms with Crippen LogP contribution in [0, 0.1) is 0 Å². The lowest BCUT2D eigenvalue weighted by molar-refractivity contribution is -0.145. The zero-order chi connectivity index (χ0) is 14.8. The van der Waals surface area contributed by atoms with Crippen LogP contribution in [0.1, 0.15) is 31.7 Å². The maximum absolute atomic E-state index is 12.6. The number of rotatable bonds is 4. The van der Waals surface area contributed by atoms with E-state index in [-0.39, 0.29) is 0 Å². The first-order chi connectivity index (χ1) is 9.54. The second-order valence-corrected chi connectivity index (χ2v) is 5.00. The molecule has 1 fully saturated rings. The van der Waals surface area contributed by atoms with Crippen molar-refractivity contribution < 1.29 is 14.4 Å². The van der Waals surface area contributed by atoms with Gasteiger partial charge in [0.1, 0.15) is 0 Å². The summed E-state index contributed by atoms with van der Waals surface area (Å²) in [5, 5.41) is 2.28. The van der Waals surface area contributed by atoms with Gasteiger partial charge in [-0.2, -0.15) is 0 Å². The van der Waals surface area contributed by atoms with Crippen molar-refractivity contribution in [1.82, 2.24) is 10.2 Å². The number of urea groups is 1. The normalized spacial score (nSPS) is 22.9. The van der Waals surface area contributed by atoms with Crippen molar-refractivity contribution in [3.63, 3.8) is 0 Å². The number of benzene rings is 1. The minimum Gasteiger partial charge on any atom is -0.276 e. The third kappa shape index (κ3) is 2.09. The molecule has 1 aromatic rings. The highest BCUT2D eigenvalue weighted by Gasteiger charge is 2.53. The van der Waals surface area contributed by atoms with Crippen molar-refractivity contribution >= 4 is 17.8 Å². The molecule has 2 rings (SSSR count). The van der Waals surface area contributed by atoms with E-state index in [4.69, 9.17) is 0 Å². The highest BCUT2D eigenvalue weighted by Crippen LogP contribution is 2.34. The summed E-state index contributed by atoms with van der Waals surface area (Å²) >= 11 is 0. The summed E-state index contributed by atoms with van der Waals surface area (Å²) in [6.45, 7) is 2.00. The van der Waals surface area contributed by atoms with Gasteiger partial charge in [0.15, 0.2) is 5.41 Å². The van der Waals surface area contributed by atoms with E-state index in [0.29, 0.717) is 12.0 Å². The van der Waals surface area contributed by atoms with Gasteiger partial charge >= 0.3 is 6.03 Å². The van der Waals surface area contributed by atoms with Gasteiger partial charge in [0, 0.05) is 7.05 Å². The molecular weight excluding hydrogens is 256 g/mol. The van der Waals surface area contributed by atoms with E-state index < -0.39 is 23.3 Å². The molecule has 1 aliphatic rings. The number of nitrogens with one attached hydrogen (secondary N) is 1. The van der Waals surface area contributed by atoms with Crippen LogP contribution in [0.5, 0.6) is 0 Å². The van der Waals surface area contributed by atoms with E-state index in [1.54, 1.807) is 24.3 Å². The molecule has 20 heavy (non-hydrogen) atoms. The first-order valence-corrected chi connectivity index (χ1v) is 6.73. The Bertz CT molecular complexity index is 541. The summed E-state index contributed by atoms with van der Waals surface area (Å²) in [5.74, 6) is -0.976. The molecule has 1 aromatic carbocycles. The summed E-state index contributed by atoms with van der Waals surface area (Å²) in [5.41, 5.74) is -0.657. The van der Waals surface area contributed by atoms with Crippen LogP contribution in [-0.4, -0.2) is 29.8 Å². The molecule has 0 radical (unpaired) electrons. The zero-order valence-corrected chi connectivity index (χ0v) is 11.7. The molecule has 5 nitrogen and oxygen atoms in total. The quantitative estimate of drug-likeness (QED) is 0.852. The first kappa shape index (κ1) is 14.2. The zero-order valence-electron chi connectivity index (χ0n) is 11.7. The summed E-state index contributed by atoms with van der Waals surface area (Å²) in [6, 6.07) is 8.27. The Morgan fingerprint density at radius 3 is 2.40 bits per heavy atom. The van der Waals surface area contributed by atoms with E-state index in [1.807, 2.05) is 13.0 Å². The lowest BCUT2D eigenvalue weighted by atomic mass is 9.73. The molecule has 106 valence electrons. The molecule has 1 heterocycles. The Morgan fingerprint density at radius 1 is 1.15 bits per heavy atom. The fourth-order valence-corrected chi connectivity index (χ4v) is 2.55. The molecular formula is C15H18N2O3. The summed E-state index contributed by atoms with van der Waals surface area (Å²) in [6.07, 6.45) is 2.00. The molecule has 1 aliphatic heterocycles. The molecule has 4 amide bonds. The topological polar surface area (TPSA) is 66.5 Å². The molecule has 5 heteroatoms. The smallest absolute Gasteiger partial charge is 0.276 e. The number of likely N-dealkylation sites (N-methyl/N-ethyl adjacent to an activating group) is 1. The molecule has 0 unspecified atom stereocenters. The van der Waals surface area contributed by atoms with Crippen LogP contribution in [0.15, 0.2) is 30.3 Å². The number of hydrogen-bond donors (Lipinski definition) is 1. The molecule has 0 bridgehead atoms. The predicted octanol–water partition coefficient (Wildman–Crippen LogP) is 1.82. The highest BCUT2D eigenvalue weighted by molar-refractivity contribution is 6.22. The standard InChI is InChI=1S/C15H18N2O3/c1-3-4-10-15(11-8-6-5-7-9-11)12(18)16-14(20)17(2)13(15)19/h5-9H,3-4,10H2,1-2H3,(H,16,18,20)/t15-/m0/s1. The third-order valence-corrected chi connectivity index (χ3v) is 3.75. The SMILES string of the molecule is CCCC[C@]1(c2ccccc2)C(=O)NC(=O)N(C)C1=O. The van der Waals surface area contributed by atoms with Crippen molar-refractivity contribution in [2.75, 3.05) is 7.05 Å². The third-order valence-electron chi connectivity index (χ3n) is 3.75. The minimum atomic E-state index is -1.29. The van der Waals surface area contributed by atoms with Gasteiger partial charge in [-0.15, -0.1) is 0 Å². The fraction of sp³-hybridized carbons (Fsp3) is 0.400. The number of unbranched alkanes of at least 4 members (excludes halogenated alkanes) is 1. The van der Waals surface area contributed by atoms with Crippen LogP contribution >= 0.6 is 0 Å². The van der Waals surface area contributed by atoms with Gasteiger partial charge in [-0.05, 0) is 12.0 Å². The summed E-state index contributed by atoms with van der Waals surface area (Å²) < 4.78 is 0. The summed E-state index contributed by atoms with van der Waals surface area (Å²) in [7, 11) is 1.40. The van der Waals surface area contributed by atoms with Gasteiger partial charge in [-0.1, -0.05) is 50.1 Å². The lowest BCUT2D eigenvalue weighted by Crippen LogP contribution is -2.64. The number of amides is 4. The fourth-order valence-electron chi connectivity index (χ4n) is 2.55. The van der Waals surface area contributed by atoms with Gasteiger partial charge in [0.05, 0.1) is 0 Å².